The standard InChI is InChI=1S/C12H17FN2O2S/c1-8-11(13)5-10(6-12(8)14)18(16,17)15(2)7-9-3-4-9/h5-6,9H,3-4,7,14H2,1-2H3. The maximum atomic E-state index is 13.5. The van der Waals surface area contributed by atoms with E-state index in [2.05, 4.69) is 0 Å². The van der Waals surface area contributed by atoms with Crippen molar-refractivity contribution < 1.29 is 12.8 Å². The van der Waals surface area contributed by atoms with E-state index >= 15 is 0 Å². The van der Waals surface area contributed by atoms with Gasteiger partial charge < -0.3 is 5.73 Å². The molecule has 2 N–H and O–H groups in total. The van der Waals surface area contributed by atoms with Crippen molar-refractivity contribution >= 4 is 15.7 Å². The van der Waals surface area contributed by atoms with Crippen LogP contribution in [0, 0.1) is 18.7 Å². The van der Waals surface area contributed by atoms with E-state index < -0.39 is 15.8 Å². The molecule has 1 saturated carbocycles. The Kier molecular flexibility index (Phi) is 3.33. The van der Waals surface area contributed by atoms with Crippen LogP contribution in [0.5, 0.6) is 0 Å². The first-order chi connectivity index (χ1) is 8.32. The van der Waals surface area contributed by atoms with Crippen LogP contribution in [-0.2, 0) is 10.0 Å². The molecule has 1 aliphatic carbocycles. The number of halogens is 1. The SMILES string of the molecule is Cc1c(N)cc(S(=O)(=O)N(C)CC2CC2)cc1F. The van der Waals surface area contributed by atoms with E-state index in [-0.39, 0.29) is 16.1 Å². The van der Waals surface area contributed by atoms with Crippen molar-refractivity contribution in [3.63, 3.8) is 0 Å². The van der Waals surface area contributed by atoms with Gasteiger partial charge in [-0.2, -0.15) is 0 Å². The first kappa shape index (κ1) is 13.3. The molecule has 0 aromatic heterocycles. The molecule has 1 fully saturated rings. The van der Waals surface area contributed by atoms with Gasteiger partial charge >= 0.3 is 0 Å². The molecule has 100 valence electrons. The third-order valence-electron chi connectivity index (χ3n) is 3.28. The third kappa shape index (κ3) is 2.49. The zero-order valence-electron chi connectivity index (χ0n) is 10.5. The fourth-order valence-corrected chi connectivity index (χ4v) is 3.06. The molecular formula is C12H17FN2O2S. The molecule has 1 aromatic carbocycles. The summed E-state index contributed by atoms with van der Waals surface area (Å²) < 4.78 is 39.2. The topological polar surface area (TPSA) is 63.4 Å². The minimum atomic E-state index is -3.64. The molecule has 0 radical (unpaired) electrons. The molecule has 0 unspecified atom stereocenters. The van der Waals surface area contributed by atoms with Gasteiger partial charge in [0.15, 0.2) is 0 Å². The number of nitrogens with two attached hydrogens (primary N) is 1. The van der Waals surface area contributed by atoms with Gasteiger partial charge in [-0.3, -0.25) is 0 Å². The molecule has 0 spiro atoms. The summed E-state index contributed by atoms with van der Waals surface area (Å²) in [6.45, 7) is 2.01. The lowest BCUT2D eigenvalue weighted by atomic mass is 10.2. The van der Waals surface area contributed by atoms with E-state index in [1.807, 2.05) is 0 Å². The maximum absolute atomic E-state index is 13.5. The second-order valence-electron chi connectivity index (χ2n) is 4.85. The second kappa shape index (κ2) is 4.51. The summed E-state index contributed by atoms with van der Waals surface area (Å²) in [6.07, 6.45) is 2.12. The van der Waals surface area contributed by atoms with Gasteiger partial charge in [0.25, 0.3) is 0 Å². The van der Waals surface area contributed by atoms with Crippen molar-refractivity contribution in [3.8, 4) is 0 Å². The minimum absolute atomic E-state index is 0.0775. The molecule has 4 nitrogen and oxygen atoms in total. The molecule has 1 aliphatic rings. The quantitative estimate of drug-likeness (QED) is 0.849. The lowest BCUT2D eigenvalue weighted by molar-refractivity contribution is 0.452. The normalized spacial score (nSPS) is 16.2. The number of nitrogens with zero attached hydrogens (tertiary/aromatic N) is 1. The monoisotopic (exact) mass is 272 g/mol. The number of anilines is 1. The summed E-state index contributed by atoms with van der Waals surface area (Å²) in [5.74, 6) is -0.147. The smallest absolute Gasteiger partial charge is 0.243 e. The zero-order chi connectivity index (χ0) is 13.5. The number of rotatable bonds is 4. The average molecular weight is 272 g/mol. The fraction of sp³-hybridized carbons (Fsp3) is 0.500. The van der Waals surface area contributed by atoms with Crippen LogP contribution in [0.1, 0.15) is 18.4 Å². The van der Waals surface area contributed by atoms with Gasteiger partial charge in [-0.15, -0.1) is 0 Å². The largest absolute Gasteiger partial charge is 0.398 e. The second-order valence-corrected chi connectivity index (χ2v) is 6.89. The van der Waals surface area contributed by atoms with Gasteiger partial charge in [-0.25, -0.2) is 17.1 Å². The van der Waals surface area contributed by atoms with Crippen LogP contribution in [0.25, 0.3) is 0 Å². The molecule has 6 heteroatoms. The Morgan fingerprint density at radius 3 is 2.56 bits per heavy atom. The summed E-state index contributed by atoms with van der Waals surface area (Å²) in [5.41, 5.74) is 6.05. The molecule has 1 aromatic rings. The predicted octanol–water partition coefficient (Wildman–Crippen LogP) is 1.75. The van der Waals surface area contributed by atoms with Crippen molar-refractivity contribution in [1.29, 1.82) is 0 Å². The molecule has 0 saturated heterocycles. The molecular weight excluding hydrogens is 255 g/mol. The van der Waals surface area contributed by atoms with Crippen molar-refractivity contribution in [1.82, 2.24) is 4.31 Å². The van der Waals surface area contributed by atoms with Crippen LogP contribution in [0.15, 0.2) is 17.0 Å². The lowest BCUT2D eigenvalue weighted by Crippen LogP contribution is -2.29. The van der Waals surface area contributed by atoms with E-state index in [1.54, 1.807) is 0 Å². The van der Waals surface area contributed by atoms with Gasteiger partial charge in [-0.1, -0.05) is 0 Å². The first-order valence-electron chi connectivity index (χ1n) is 5.84. The van der Waals surface area contributed by atoms with E-state index in [1.165, 1.54) is 24.3 Å². The number of hydrogen-bond donors (Lipinski definition) is 1. The van der Waals surface area contributed by atoms with Gasteiger partial charge in [-0.05, 0) is 37.8 Å². The molecule has 0 atom stereocenters. The van der Waals surface area contributed by atoms with Crippen molar-refractivity contribution in [2.45, 2.75) is 24.7 Å². The average Bonchev–Trinajstić information content (AvgIpc) is 3.08. The zero-order valence-corrected chi connectivity index (χ0v) is 11.3. The van der Waals surface area contributed by atoms with E-state index in [4.69, 9.17) is 5.73 Å². The summed E-state index contributed by atoms with van der Waals surface area (Å²) in [6, 6.07) is 2.35. The van der Waals surface area contributed by atoms with Gasteiger partial charge in [0.2, 0.25) is 10.0 Å². The highest BCUT2D eigenvalue weighted by molar-refractivity contribution is 7.89. The first-order valence-corrected chi connectivity index (χ1v) is 7.28. The summed E-state index contributed by atoms with van der Waals surface area (Å²) in [4.78, 5) is -0.0775. The maximum Gasteiger partial charge on any atom is 0.243 e. The highest BCUT2D eigenvalue weighted by Gasteiger charge is 2.29. The van der Waals surface area contributed by atoms with Crippen molar-refractivity contribution in [2.24, 2.45) is 5.92 Å². The number of nitrogen functional groups attached to an aromatic ring is 1. The van der Waals surface area contributed by atoms with Crippen LogP contribution in [0.4, 0.5) is 10.1 Å². The Bertz CT molecular complexity index is 544. The van der Waals surface area contributed by atoms with Crippen molar-refractivity contribution in [2.75, 3.05) is 19.3 Å². The molecule has 0 heterocycles. The Balaban J connectivity index is 2.34. The Morgan fingerprint density at radius 2 is 2.06 bits per heavy atom. The molecule has 18 heavy (non-hydrogen) atoms. The van der Waals surface area contributed by atoms with Crippen LogP contribution in [0.2, 0.25) is 0 Å². The minimum Gasteiger partial charge on any atom is -0.398 e. The predicted molar refractivity (Wildman–Crippen MR) is 68.1 cm³/mol. The Morgan fingerprint density at radius 1 is 1.44 bits per heavy atom. The molecule has 0 amide bonds. The Hall–Kier alpha value is -1.14. The summed E-state index contributed by atoms with van der Waals surface area (Å²) in [7, 11) is -2.13. The highest BCUT2D eigenvalue weighted by Crippen LogP contribution is 2.31. The van der Waals surface area contributed by atoms with Crippen LogP contribution < -0.4 is 5.73 Å². The van der Waals surface area contributed by atoms with E-state index in [9.17, 15) is 12.8 Å². The third-order valence-corrected chi connectivity index (χ3v) is 5.08. The molecule has 2 rings (SSSR count). The highest BCUT2D eigenvalue weighted by atomic mass is 32.2. The molecule has 0 bridgehead atoms. The summed E-state index contributed by atoms with van der Waals surface area (Å²) >= 11 is 0. The summed E-state index contributed by atoms with van der Waals surface area (Å²) in [5, 5.41) is 0. The number of sulfonamides is 1. The fourth-order valence-electron chi connectivity index (χ4n) is 1.77. The molecule has 0 aliphatic heterocycles. The number of benzene rings is 1. The van der Waals surface area contributed by atoms with Gasteiger partial charge in [0.05, 0.1) is 4.90 Å². The van der Waals surface area contributed by atoms with Crippen LogP contribution >= 0.6 is 0 Å². The van der Waals surface area contributed by atoms with Gasteiger partial charge in [0.1, 0.15) is 5.82 Å². The van der Waals surface area contributed by atoms with E-state index in [0.717, 1.165) is 18.9 Å². The van der Waals surface area contributed by atoms with Crippen LogP contribution in [0.3, 0.4) is 0 Å². The Labute approximate surface area is 107 Å². The van der Waals surface area contributed by atoms with Gasteiger partial charge in [0, 0.05) is 24.8 Å². The van der Waals surface area contributed by atoms with Crippen molar-refractivity contribution in [3.05, 3.63) is 23.5 Å². The van der Waals surface area contributed by atoms with E-state index in [0.29, 0.717) is 12.5 Å². The lowest BCUT2D eigenvalue weighted by Gasteiger charge is -2.17. The number of hydrogen-bond acceptors (Lipinski definition) is 3. The van der Waals surface area contributed by atoms with Crippen LogP contribution in [-0.4, -0.2) is 26.3 Å².